The van der Waals surface area contributed by atoms with Crippen molar-refractivity contribution in [3.63, 3.8) is 0 Å². The van der Waals surface area contributed by atoms with Crippen molar-refractivity contribution < 1.29 is 9.59 Å². The minimum atomic E-state index is -0.540. The Balaban J connectivity index is 2.35. The molecule has 0 saturated heterocycles. The van der Waals surface area contributed by atoms with E-state index in [1.807, 2.05) is 30.3 Å². The third-order valence-electron chi connectivity index (χ3n) is 2.01. The smallest absolute Gasteiger partial charge is 0.172 e. The number of rotatable bonds is 1. The molecule has 1 saturated carbocycles. The number of Topliss-reactive ketones (excluding diaryl/α,β-unsaturated/α-hetero) is 2. The molecule has 1 aliphatic rings. The molecule has 0 aromatic heterocycles. The zero-order valence-corrected chi connectivity index (χ0v) is 9.65. The number of carbonyl (C=O) groups excluding carboxylic acids is 2. The van der Waals surface area contributed by atoms with Gasteiger partial charge in [-0.05, 0) is 12.1 Å². The summed E-state index contributed by atoms with van der Waals surface area (Å²) in [7, 11) is 0. The van der Waals surface area contributed by atoms with Crippen LogP contribution in [-0.4, -0.2) is 15.1 Å². The average molecular weight is 300 g/mol. The number of ketones is 2. The van der Waals surface area contributed by atoms with Gasteiger partial charge < -0.3 is 0 Å². The summed E-state index contributed by atoms with van der Waals surface area (Å²) in [5.41, 5.74) is 0. The topological polar surface area (TPSA) is 34.1 Å². The van der Waals surface area contributed by atoms with Crippen LogP contribution in [0.5, 0.6) is 0 Å². The second kappa shape index (κ2) is 4.13. The lowest BCUT2D eigenvalue weighted by Gasteiger charge is -1.93. The van der Waals surface area contributed by atoms with E-state index in [2.05, 4.69) is 0 Å². The predicted octanol–water partition coefficient (Wildman–Crippen LogP) is 1.93. The summed E-state index contributed by atoms with van der Waals surface area (Å²) < 4.78 is 1.74. The van der Waals surface area contributed by atoms with Crippen LogP contribution < -0.4 is 0 Å². The Morgan fingerprint density at radius 3 is 2.07 bits per heavy atom. The zero-order chi connectivity index (χ0) is 9.97. The fourth-order valence-electron chi connectivity index (χ4n) is 1.29. The summed E-state index contributed by atoms with van der Waals surface area (Å²) in [4.78, 5) is 22.7. The van der Waals surface area contributed by atoms with Gasteiger partial charge in [-0.15, -0.1) is 0 Å². The van der Waals surface area contributed by atoms with Crippen molar-refractivity contribution in [2.24, 2.45) is 0 Å². The van der Waals surface area contributed by atoms with Gasteiger partial charge in [-0.3, -0.25) is 9.59 Å². The van der Waals surface area contributed by atoms with Crippen molar-refractivity contribution in [2.75, 3.05) is 0 Å². The van der Waals surface area contributed by atoms with Gasteiger partial charge in [-0.1, -0.05) is 38.9 Å². The molecule has 0 aliphatic heterocycles. The van der Waals surface area contributed by atoms with E-state index in [9.17, 15) is 9.59 Å². The normalized spacial score (nSPS) is 16.4. The molecule has 2 rings (SSSR count). The van der Waals surface area contributed by atoms with Gasteiger partial charge in [0, 0.05) is 16.4 Å². The Hall–Kier alpha value is -0.840. The first kappa shape index (κ1) is 9.71. The van der Waals surface area contributed by atoms with E-state index >= 15 is 0 Å². The molecule has 0 amide bonds. The molecule has 0 spiro atoms. The molecule has 0 unspecified atom stereocenters. The second-order valence-corrected chi connectivity index (χ2v) is 5.91. The summed E-state index contributed by atoms with van der Waals surface area (Å²) in [6, 6.07) is 9.80. The lowest BCUT2D eigenvalue weighted by atomic mass is 10.3. The highest BCUT2D eigenvalue weighted by atomic mass is 127. The van der Waals surface area contributed by atoms with Crippen LogP contribution in [0.1, 0.15) is 12.8 Å². The first-order valence-electron chi connectivity index (χ1n) is 4.40. The van der Waals surface area contributed by atoms with E-state index in [1.54, 1.807) is 0 Å². The zero-order valence-electron chi connectivity index (χ0n) is 7.50. The molecule has 3 heteroatoms. The van der Waals surface area contributed by atoms with Gasteiger partial charge in [-0.2, -0.15) is 0 Å². The molecule has 72 valence electrons. The van der Waals surface area contributed by atoms with Crippen LogP contribution in [0.3, 0.4) is 0 Å². The van der Waals surface area contributed by atoms with Gasteiger partial charge in [0.15, 0.2) is 11.6 Å². The van der Waals surface area contributed by atoms with Gasteiger partial charge in [0.1, 0.15) is 0 Å². The Kier molecular flexibility index (Phi) is 2.86. The molecule has 1 aromatic rings. The van der Waals surface area contributed by atoms with E-state index in [4.69, 9.17) is 0 Å². The van der Waals surface area contributed by atoms with Crippen LogP contribution in [0.2, 0.25) is 0 Å². The fourth-order valence-corrected chi connectivity index (χ4v) is 3.83. The number of benzene rings is 1. The SMILES string of the molecule is O=C1CCC(=O)C1=Ic1ccccc1. The lowest BCUT2D eigenvalue weighted by molar-refractivity contribution is -0.112. The second-order valence-electron chi connectivity index (χ2n) is 3.05. The van der Waals surface area contributed by atoms with Crippen LogP contribution in [0.4, 0.5) is 0 Å². The highest BCUT2D eigenvalue weighted by Crippen LogP contribution is 2.19. The van der Waals surface area contributed by atoms with Crippen LogP contribution in [-0.2, 0) is 9.59 Å². The molecule has 0 bridgehead atoms. The molecule has 1 aliphatic carbocycles. The van der Waals surface area contributed by atoms with Gasteiger partial charge in [0.05, 0.1) is 3.51 Å². The van der Waals surface area contributed by atoms with E-state index in [-0.39, 0.29) is 11.6 Å². The van der Waals surface area contributed by atoms with Crippen LogP contribution in [0.25, 0.3) is 0 Å². The molecule has 0 atom stereocenters. The van der Waals surface area contributed by atoms with Crippen LogP contribution in [0.15, 0.2) is 30.3 Å². The Labute approximate surface area is 92.1 Å². The fraction of sp³-hybridized carbons (Fsp3) is 0.182. The summed E-state index contributed by atoms with van der Waals surface area (Å²) >= 11 is -0.540. The molecule has 0 N–H and O–H groups in total. The highest BCUT2D eigenvalue weighted by molar-refractivity contribution is 14.2. The van der Waals surface area contributed by atoms with Gasteiger partial charge in [-0.25, -0.2) is 0 Å². The van der Waals surface area contributed by atoms with Crippen molar-refractivity contribution in [2.45, 2.75) is 12.8 Å². The minimum absolute atomic E-state index is 0.0756. The maximum atomic E-state index is 11.4. The number of carbonyl (C=O) groups is 2. The van der Waals surface area contributed by atoms with Crippen molar-refractivity contribution >= 4 is 35.8 Å². The molecule has 2 nitrogen and oxygen atoms in total. The largest absolute Gasteiger partial charge is 0.294 e. The highest BCUT2D eigenvalue weighted by Gasteiger charge is 2.26. The van der Waals surface area contributed by atoms with Crippen molar-refractivity contribution in [1.82, 2.24) is 0 Å². The predicted molar refractivity (Wildman–Crippen MR) is 63.4 cm³/mol. The quantitative estimate of drug-likeness (QED) is 0.743. The third-order valence-corrected chi connectivity index (χ3v) is 5.09. The third kappa shape index (κ3) is 1.97. The summed E-state index contributed by atoms with van der Waals surface area (Å²) in [6.07, 6.45) is 0.863. The standard InChI is InChI=1S/C11H9IO2/c13-9-6-7-10(14)11(9)12-8-4-2-1-3-5-8/h1-5H,6-7H2. The number of hydrogen-bond donors (Lipinski definition) is 0. The monoisotopic (exact) mass is 300 g/mol. The molecule has 1 fully saturated rings. The van der Waals surface area contributed by atoms with Crippen molar-refractivity contribution in [3.05, 3.63) is 33.9 Å². The van der Waals surface area contributed by atoms with E-state index in [0.29, 0.717) is 16.4 Å². The Morgan fingerprint density at radius 1 is 0.929 bits per heavy atom. The first-order valence-corrected chi connectivity index (χ1v) is 6.56. The van der Waals surface area contributed by atoms with Crippen LogP contribution >= 0.6 is 20.7 Å². The maximum Gasteiger partial charge on any atom is 0.172 e. The number of halogens is 1. The molecule has 0 radical (unpaired) electrons. The number of hydrogen-bond acceptors (Lipinski definition) is 2. The van der Waals surface area contributed by atoms with E-state index < -0.39 is 20.7 Å². The van der Waals surface area contributed by atoms with Gasteiger partial charge in [0.2, 0.25) is 0 Å². The van der Waals surface area contributed by atoms with Gasteiger partial charge in [0.25, 0.3) is 0 Å². The lowest BCUT2D eigenvalue weighted by Crippen LogP contribution is -2.10. The average Bonchev–Trinajstić information content (AvgIpc) is 2.51. The molecular weight excluding hydrogens is 291 g/mol. The summed E-state index contributed by atoms with van der Waals surface area (Å²) in [5, 5.41) is 0. The Morgan fingerprint density at radius 2 is 1.50 bits per heavy atom. The van der Waals surface area contributed by atoms with Gasteiger partial charge >= 0.3 is 0 Å². The first-order chi connectivity index (χ1) is 6.77. The van der Waals surface area contributed by atoms with Crippen molar-refractivity contribution in [3.8, 4) is 0 Å². The molecule has 0 heterocycles. The Bertz CT molecular complexity index is 389. The van der Waals surface area contributed by atoms with Crippen molar-refractivity contribution in [1.29, 1.82) is 0 Å². The molecule has 1 aromatic carbocycles. The molecular formula is C11H9IO2. The molecule has 14 heavy (non-hydrogen) atoms. The minimum Gasteiger partial charge on any atom is -0.294 e. The van der Waals surface area contributed by atoms with E-state index in [1.165, 1.54) is 0 Å². The van der Waals surface area contributed by atoms with E-state index in [0.717, 1.165) is 3.57 Å². The van der Waals surface area contributed by atoms with Crippen LogP contribution in [0, 0.1) is 3.57 Å². The summed E-state index contributed by atoms with van der Waals surface area (Å²) in [6.45, 7) is 0. The maximum absolute atomic E-state index is 11.4. The summed E-state index contributed by atoms with van der Waals surface area (Å²) in [5.74, 6) is 0.151.